The normalized spacial score (nSPS) is 12.4. The van der Waals surface area contributed by atoms with Gasteiger partial charge >= 0.3 is 5.97 Å². The van der Waals surface area contributed by atoms with Crippen LogP contribution in [0.4, 0.5) is 13.2 Å². The maximum Gasteiger partial charge on any atom is 0.317 e. The minimum Gasteiger partial charge on any atom is -0.497 e. The highest BCUT2D eigenvalue weighted by molar-refractivity contribution is 5.69. The molecular weight excluding hydrogens is 447 g/mol. The third-order valence-corrected chi connectivity index (χ3v) is 5.35. The Morgan fingerprint density at radius 2 is 1.68 bits per heavy atom. The van der Waals surface area contributed by atoms with Crippen molar-refractivity contribution in [3.05, 3.63) is 95.3 Å². The molecule has 5 nitrogen and oxygen atoms in total. The second-order valence-electron chi connectivity index (χ2n) is 7.91. The van der Waals surface area contributed by atoms with Crippen molar-refractivity contribution in [1.29, 1.82) is 0 Å². The van der Waals surface area contributed by atoms with Crippen molar-refractivity contribution in [1.82, 2.24) is 4.90 Å². The zero-order chi connectivity index (χ0) is 24.7. The van der Waals surface area contributed by atoms with E-state index in [0.29, 0.717) is 30.0 Å². The molecule has 0 spiro atoms. The first-order chi connectivity index (χ1) is 16.2. The highest BCUT2D eigenvalue weighted by Gasteiger charge is 2.34. The van der Waals surface area contributed by atoms with Gasteiger partial charge in [0.1, 0.15) is 23.4 Å². The average molecular weight is 473 g/mol. The fourth-order valence-electron chi connectivity index (χ4n) is 3.51. The summed E-state index contributed by atoms with van der Waals surface area (Å²) in [5.74, 6) is -3.88. The second kappa shape index (κ2) is 11.1. The Kier molecular flexibility index (Phi) is 8.17. The van der Waals surface area contributed by atoms with Crippen molar-refractivity contribution in [3.8, 4) is 11.5 Å². The molecule has 3 rings (SSSR count). The Morgan fingerprint density at radius 1 is 1.00 bits per heavy atom. The van der Waals surface area contributed by atoms with E-state index in [1.54, 1.807) is 30.1 Å². The van der Waals surface area contributed by atoms with Crippen LogP contribution in [0.5, 0.6) is 11.5 Å². The van der Waals surface area contributed by atoms with Gasteiger partial charge in [0.15, 0.2) is 0 Å². The van der Waals surface area contributed by atoms with Crippen LogP contribution in [-0.4, -0.2) is 43.2 Å². The van der Waals surface area contributed by atoms with Gasteiger partial charge in [-0.25, -0.2) is 4.39 Å². The SMILES string of the molecule is COc1cccc(C(F)(F)c2ccc(OC(CCN(C)CC(=O)O)c3ccc(F)cc3)cc2)c1. The third-order valence-electron chi connectivity index (χ3n) is 5.35. The summed E-state index contributed by atoms with van der Waals surface area (Å²) in [6.07, 6.45) is -0.112. The molecule has 0 amide bonds. The lowest BCUT2D eigenvalue weighted by molar-refractivity contribution is -0.138. The minimum absolute atomic E-state index is 0.135. The van der Waals surface area contributed by atoms with E-state index in [1.807, 2.05) is 0 Å². The maximum atomic E-state index is 15.0. The molecule has 180 valence electrons. The number of halogens is 3. The van der Waals surface area contributed by atoms with E-state index in [9.17, 15) is 9.18 Å². The Bertz CT molecular complexity index is 1090. The van der Waals surface area contributed by atoms with E-state index in [1.165, 1.54) is 61.7 Å². The van der Waals surface area contributed by atoms with Crippen molar-refractivity contribution >= 4 is 5.97 Å². The van der Waals surface area contributed by atoms with Gasteiger partial charge in [0.2, 0.25) is 0 Å². The van der Waals surface area contributed by atoms with Crippen LogP contribution < -0.4 is 9.47 Å². The summed E-state index contributed by atoms with van der Waals surface area (Å²) in [4.78, 5) is 12.5. The van der Waals surface area contributed by atoms with E-state index >= 15 is 8.78 Å². The van der Waals surface area contributed by atoms with Gasteiger partial charge < -0.3 is 14.6 Å². The number of hydrogen-bond donors (Lipinski definition) is 1. The van der Waals surface area contributed by atoms with Crippen LogP contribution in [0.15, 0.2) is 72.8 Å². The molecule has 0 aliphatic carbocycles. The van der Waals surface area contributed by atoms with E-state index in [0.717, 1.165) is 0 Å². The number of ether oxygens (including phenoxy) is 2. The number of alkyl halides is 2. The number of rotatable bonds is 11. The van der Waals surface area contributed by atoms with Gasteiger partial charge in [0.05, 0.1) is 13.7 Å². The minimum atomic E-state index is -3.23. The number of likely N-dealkylation sites (N-methyl/N-ethyl adjacent to an activating group) is 1. The third kappa shape index (κ3) is 6.51. The summed E-state index contributed by atoms with van der Waals surface area (Å²) in [7, 11) is 3.09. The molecule has 0 heterocycles. The lowest BCUT2D eigenvalue weighted by Gasteiger charge is -2.23. The fourth-order valence-corrected chi connectivity index (χ4v) is 3.51. The number of aliphatic carboxylic acids is 1. The quantitative estimate of drug-likeness (QED) is 0.399. The van der Waals surface area contributed by atoms with Crippen molar-refractivity contribution < 1.29 is 32.5 Å². The first-order valence-electron chi connectivity index (χ1n) is 10.6. The van der Waals surface area contributed by atoms with Gasteiger partial charge in [-0.3, -0.25) is 9.69 Å². The lowest BCUT2D eigenvalue weighted by Crippen LogP contribution is -2.28. The second-order valence-corrected chi connectivity index (χ2v) is 7.91. The predicted octanol–water partition coefficient (Wildman–Crippen LogP) is 5.50. The number of methoxy groups -OCH3 is 1. The first-order valence-corrected chi connectivity index (χ1v) is 10.6. The van der Waals surface area contributed by atoms with E-state index in [2.05, 4.69) is 0 Å². The van der Waals surface area contributed by atoms with Crippen molar-refractivity contribution in [3.63, 3.8) is 0 Å². The molecule has 0 saturated heterocycles. The average Bonchev–Trinajstić information content (AvgIpc) is 2.82. The Hall–Kier alpha value is -3.52. The summed E-state index contributed by atoms with van der Waals surface area (Å²) in [5, 5.41) is 8.95. The standard InChI is InChI=1S/C26H26F3NO4/c1-30(17-25(31)32)15-14-24(18-6-10-21(27)11-7-18)34-22-12-8-19(9-13-22)26(28,29)20-4-3-5-23(16-20)33-2/h3-13,16,24H,14-15,17H2,1-2H3,(H,31,32). The maximum absolute atomic E-state index is 15.0. The Morgan fingerprint density at radius 3 is 2.29 bits per heavy atom. The first kappa shape index (κ1) is 25.1. The number of carboxylic acid groups (broad SMARTS) is 1. The summed E-state index contributed by atoms with van der Waals surface area (Å²) in [6, 6.07) is 17.0. The molecule has 8 heteroatoms. The van der Waals surface area contributed by atoms with E-state index < -0.39 is 23.8 Å². The zero-order valence-corrected chi connectivity index (χ0v) is 18.9. The molecule has 0 fully saturated rings. The largest absolute Gasteiger partial charge is 0.497 e. The highest BCUT2D eigenvalue weighted by Crippen LogP contribution is 2.38. The van der Waals surface area contributed by atoms with Gasteiger partial charge in [-0.05, 0) is 61.1 Å². The predicted molar refractivity (Wildman–Crippen MR) is 122 cm³/mol. The van der Waals surface area contributed by atoms with E-state index in [-0.39, 0.29) is 17.7 Å². The topological polar surface area (TPSA) is 59.0 Å². The van der Waals surface area contributed by atoms with Gasteiger partial charge in [-0.1, -0.05) is 24.3 Å². The molecule has 0 aliphatic rings. The highest BCUT2D eigenvalue weighted by atomic mass is 19.3. The smallest absolute Gasteiger partial charge is 0.317 e. The van der Waals surface area contributed by atoms with Crippen LogP contribution in [0.2, 0.25) is 0 Å². The molecule has 1 unspecified atom stereocenters. The molecule has 3 aromatic rings. The van der Waals surface area contributed by atoms with Crippen molar-refractivity contribution in [2.24, 2.45) is 0 Å². The Labute approximate surface area is 196 Å². The molecule has 0 bridgehead atoms. The molecule has 0 aliphatic heterocycles. The van der Waals surface area contributed by atoms with Crippen LogP contribution >= 0.6 is 0 Å². The molecule has 1 N–H and O–H groups in total. The van der Waals surface area contributed by atoms with Gasteiger partial charge in [0.25, 0.3) is 5.92 Å². The summed E-state index contributed by atoms with van der Waals surface area (Å²) < 4.78 is 54.5. The molecule has 3 aromatic carbocycles. The van der Waals surface area contributed by atoms with Gasteiger partial charge in [0, 0.05) is 24.1 Å². The number of hydrogen-bond acceptors (Lipinski definition) is 4. The van der Waals surface area contributed by atoms with Gasteiger partial charge in [-0.2, -0.15) is 8.78 Å². The monoisotopic (exact) mass is 473 g/mol. The van der Waals surface area contributed by atoms with Crippen molar-refractivity contribution in [2.75, 3.05) is 27.2 Å². The van der Waals surface area contributed by atoms with Crippen LogP contribution in [0.25, 0.3) is 0 Å². The summed E-state index contributed by atoms with van der Waals surface area (Å²) in [5.41, 5.74) is 0.301. The molecular formula is C26H26F3NO4. The van der Waals surface area contributed by atoms with Crippen LogP contribution in [0.3, 0.4) is 0 Å². The molecule has 0 radical (unpaired) electrons. The fraction of sp³-hybridized carbons (Fsp3) is 0.269. The number of benzene rings is 3. The van der Waals surface area contributed by atoms with Crippen LogP contribution in [0, 0.1) is 5.82 Å². The summed E-state index contributed by atoms with van der Waals surface area (Å²) in [6.45, 7) is 0.268. The van der Waals surface area contributed by atoms with Gasteiger partial charge in [-0.15, -0.1) is 0 Å². The lowest BCUT2D eigenvalue weighted by atomic mass is 10.00. The van der Waals surface area contributed by atoms with Crippen LogP contribution in [-0.2, 0) is 10.7 Å². The number of nitrogens with zero attached hydrogens (tertiary/aromatic N) is 1. The zero-order valence-electron chi connectivity index (χ0n) is 18.9. The molecule has 0 saturated carbocycles. The summed E-state index contributed by atoms with van der Waals surface area (Å²) >= 11 is 0. The molecule has 34 heavy (non-hydrogen) atoms. The number of carboxylic acids is 1. The molecule has 1 atom stereocenters. The molecule has 0 aromatic heterocycles. The van der Waals surface area contributed by atoms with Crippen molar-refractivity contribution in [2.45, 2.75) is 18.4 Å². The van der Waals surface area contributed by atoms with Crippen LogP contribution in [0.1, 0.15) is 29.2 Å². The number of carbonyl (C=O) groups is 1. The Balaban J connectivity index is 1.78. The van der Waals surface area contributed by atoms with E-state index in [4.69, 9.17) is 14.6 Å².